The van der Waals surface area contributed by atoms with Gasteiger partial charge in [-0.05, 0) is 55.2 Å². The van der Waals surface area contributed by atoms with Gasteiger partial charge in [-0.25, -0.2) is 0 Å². The molecule has 0 aliphatic heterocycles. The molecule has 1 aromatic heterocycles. The maximum Gasteiger partial charge on any atom is 0.255 e. The molecule has 1 N–H and O–H groups in total. The number of aromatic nitrogens is 1. The Kier molecular flexibility index (Phi) is 5.17. The van der Waals surface area contributed by atoms with Crippen LogP contribution in [0.25, 0.3) is 10.8 Å². The van der Waals surface area contributed by atoms with Gasteiger partial charge in [-0.3, -0.25) is 4.79 Å². The number of nitrogens with one attached hydrogen (secondary N) is 1. The number of amides is 1. The van der Waals surface area contributed by atoms with Crippen LogP contribution in [-0.4, -0.2) is 17.6 Å². The Morgan fingerprint density at radius 1 is 1.03 bits per heavy atom. The summed E-state index contributed by atoms with van der Waals surface area (Å²) in [7, 11) is 0. The van der Waals surface area contributed by atoms with Gasteiger partial charge in [0.25, 0.3) is 5.91 Å². The van der Waals surface area contributed by atoms with E-state index in [-0.39, 0.29) is 11.3 Å². The van der Waals surface area contributed by atoms with Gasteiger partial charge in [-0.15, -0.1) is 0 Å². The second-order valence-corrected chi connectivity index (χ2v) is 8.62. The van der Waals surface area contributed by atoms with Crippen LogP contribution >= 0.6 is 0 Å². The van der Waals surface area contributed by atoms with Crippen LogP contribution in [-0.2, 0) is 12.0 Å². The average molecular weight is 427 g/mol. The van der Waals surface area contributed by atoms with E-state index in [0.717, 1.165) is 40.6 Å². The second kappa shape index (κ2) is 8.15. The van der Waals surface area contributed by atoms with Crippen LogP contribution in [0.3, 0.4) is 0 Å². The number of rotatable bonds is 7. The fourth-order valence-electron chi connectivity index (χ4n) is 4.23. The van der Waals surface area contributed by atoms with Gasteiger partial charge in [0.05, 0.1) is 16.8 Å². The highest BCUT2D eigenvalue weighted by atomic mass is 16.5. The van der Waals surface area contributed by atoms with Crippen molar-refractivity contribution in [2.24, 2.45) is 0 Å². The molecule has 1 fully saturated rings. The molecular weight excluding hydrogens is 400 g/mol. The topological polar surface area (TPSA) is 64.4 Å². The molecule has 1 aliphatic carbocycles. The number of carbonyl (C=O) groups is 1. The van der Waals surface area contributed by atoms with Gasteiger partial charge in [-0.2, -0.15) is 0 Å². The first-order valence-electron chi connectivity index (χ1n) is 11.0. The molecule has 32 heavy (non-hydrogen) atoms. The maximum absolute atomic E-state index is 13.3. The fraction of sp³-hybridized carbons (Fsp3) is 0.259. The van der Waals surface area contributed by atoms with Crippen LogP contribution in [0.1, 0.15) is 45.8 Å². The standard InChI is InChI=1S/C27H26N2O3/c1-18-24(19(2)32-29-18)16-31-25-15-21-9-7-6-8-20(21)14-23(25)26(30)28-17-27(12-13-27)22-10-4-3-5-11-22/h3-11,14-15H,12-13,16-17H2,1-2H3,(H,28,30). The third-order valence-corrected chi connectivity index (χ3v) is 6.47. The van der Waals surface area contributed by atoms with Gasteiger partial charge in [0.15, 0.2) is 0 Å². The SMILES string of the molecule is Cc1noc(C)c1COc1cc2ccccc2cc1C(=O)NCC1(c2ccccc2)CC1. The summed E-state index contributed by atoms with van der Waals surface area (Å²) in [6, 6.07) is 22.3. The monoisotopic (exact) mass is 426 g/mol. The van der Waals surface area contributed by atoms with Crippen molar-refractivity contribution in [1.29, 1.82) is 0 Å². The van der Waals surface area contributed by atoms with Crippen molar-refractivity contribution >= 4 is 16.7 Å². The third-order valence-electron chi connectivity index (χ3n) is 6.47. The molecule has 0 saturated heterocycles. The number of carbonyl (C=O) groups excluding carboxylic acids is 1. The predicted molar refractivity (Wildman–Crippen MR) is 124 cm³/mol. The number of fused-ring (bicyclic) bond motifs is 1. The molecule has 3 aromatic carbocycles. The molecule has 1 saturated carbocycles. The summed E-state index contributed by atoms with van der Waals surface area (Å²) < 4.78 is 11.4. The number of hydrogen-bond donors (Lipinski definition) is 1. The van der Waals surface area contributed by atoms with Crippen LogP contribution in [0.5, 0.6) is 5.75 Å². The number of ether oxygens (including phenoxy) is 1. The molecule has 162 valence electrons. The lowest BCUT2D eigenvalue weighted by molar-refractivity contribution is 0.0945. The molecule has 5 heteroatoms. The fourth-order valence-corrected chi connectivity index (χ4v) is 4.23. The van der Waals surface area contributed by atoms with Gasteiger partial charge in [0.1, 0.15) is 18.1 Å². The maximum atomic E-state index is 13.3. The van der Waals surface area contributed by atoms with E-state index >= 15 is 0 Å². The van der Waals surface area contributed by atoms with Crippen LogP contribution in [0.4, 0.5) is 0 Å². The van der Waals surface area contributed by atoms with Crippen LogP contribution in [0.15, 0.2) is 71.3 Å². The molecule has 0 spiro atoms. The molecule has 1 amide bonds. The normalized spacial score (nSPS) is 14.3. The van der Waals surface area contributed by atoms with Crippen LogP contribution < -0.4 is 10.1 Å². The van der Waals surface area contributed by atoms with E-state index < -0.39 is 0 Å². The van der Waals surface area contributed by atoms with Crippen LogP contribution in [0.2, 0.25) is 0 Å². The van der Waals surface area contributed by atoms with Gasteiger partial charge >= 0.3 is 0 Å². The predicted octanol–water partition coefficient (Wildman–Crippen LogP) is 5.49. The largest absolute Gasteiger partial charge is 0.488 e. The Balaban J connectivity index is 1.40. The van der Waals surface area contributed by atoms with Crippen molar-refractivity contribution in [1.82, 2.24) is 10.5 Å². The van der Waals surface area contributed by atoms with E-state index in [0.29, 0.717) is 24.5 Å². The minimum Gasteiger partial charge on any atom is -0.488 e. The highest BCUT2D eigenvalue weighted by Gasteiger charge is 2.44. The quantitative estimate of drug-likeness (QED) is 0.425. The Morgan fingerprint density at radius 2 is 1.72 bits per heavy atom. The minimum atomic E-state index is -0.119. The molecule has 0 unspecified atom stereocenters. The van der Waals surface area contributed by atoms with Crippen molar-refractivity contribution in [2.75, 3.05) is 6.54 Å². The molecule has 4 aromatic rings. The number of benzene rings is 3. The highest BCUT2D eigenvalue weighted by Crippen LogP contribution is 2.47. The van der Waals surface area contributed by atoms with E-state index in [4.69, 9.17) is 9.26 Å². The van der Waals surface area contributed by atoms with Crippen molar-refractivity contribution in [2.45, 2.75) is 38.7 Å². The molecule has 5 rings (SSSR count). The van der Waals surface area contributed by atoms with E-state index in [9.17, 15) is 4.79 Å². The summed E-state index contributed by atoms with van der Waals surface area (Å²) in [4.78, 5) is 13.3. The van der Waals surface area contributed by atoms with Crippen molar-refractivity contribution in [3.8, 4) is 5.75 Å². The zero-order valence-corrected chi connectivity index (χ0v) is 18.4. The summed E-state index contributed by atoms with van der Waals surface area (Å²) in [6.07, 6.45) is 2.18. The highest BCUT2D eigenvalue weighted by molar-refractivity contribution is 6.01. The van der Waals surface area contributed by atoms with Gasteiger partial charge in [0, 0.05) is 12.0 Å². The number of aryl methyl sites for hydroxylation is 2. The zero-order valence-electron chi connectivity index (χ0n) is 18.4. The zero-order chi connectivity index (χ0) is 22.1. The first-order chi connectivity index (χ1) is 15.6. The van der Waals surface area contributed by atoms with E-state index in [1.807, 2.05) is 56.3 Å². The van der Waals surface area contributed by atoms with Gasteiger partial charge in [0.2, 0.25) is 0 Å². The first-order valence-corrected chi connectivity index (χ1v) is 11.0. The molecule has 0 atom stereocenters. The second-order valence-electron chi connectivity index (χ2n) is 8.62. The third kappa shape index (κ3) is 3.86. The molecular formula is C27H26N2O3. The summed E-state index contributed by atoms with van der Waals surface area (Å²) in [5.41, 5.74) is 3.58. The molecule has 1 heterocycles. The first kappa shape index (κ1) is 20.3. The van der Waals surface area contributed by atoms with Gasteiger partial charge in [-0.1, -0.05) is 59.8 Å². The lowest BCUT2D eigenvalue weighted by Crippen LogP contribution is -2.32. The van der Waals surface area contributed by atoms with Crippen molar-refractivity contribution < 1.29 is 14.1 Å². The van der Waals surface area contributed by atoms with Crippen LogP contribution in [0, 0.1) is 13.8 Å². The van der Waals surface area contributed by atoms with E-state index in [1.165, 1.54) is 5.56 Å². The summed E-state index contributed by atoms with van der Waals surface area (Å²) in [5.74, 6) is 1.17. The molecule has 0 radical (unpaired) electrons. The summed E-state index contributed by atoms with van der Waals surface area (Å²) >= 11 is 0. The Hall–Kier alpha value is -3.60. The average Bonchev–Trinajstić information content (AvgIpc) is 3.55. The van der Waals surface area contributed by atoms with E-state index in [1.54, 1.807) is 0 Å². The molecule has 5 nitrogen and oxygen atoms in total. The molecule has 1 aliphatic rings. The van der Waals surface area contributed by atoms with E-state index in [2.05, 4.69) is 34.7 Å². The molecule has 0 bridgehead atoms. The van der Waals surface area contributed by atoms with Crippen molar-refractivity contribution in [3.05, 3.63) is 94.9 Å². The minimum absolute atomic E-state index is 0.0471. The number of nitrogens with zero attached hydrogens (tertiary/aromatic N) is 1. The Morgan fingerprint density at radius 3 is 2.38 bits per heavy atom. The summed E-state index contributed by atoms with van der Waals surface area (Å²) in [6.45, 7) is 4.67. The number of hydrogen-bond acceptors (Lipinski definition) is 4. The lowest BCUT2D eigenvalue weighted by Gasteiger charge is -2.18. The van der Waals surface area contributed by atoms with Gasteiger partial charge < -0.3 is 14.6 Å². The summed E-state index contributed by atoms with van der Waals surface area (Å²) in [5, 5.41) is 9.20. The Labute approximate surface area is 187 Å². The Bertz CT molecular complexity index is 1250. The van der Waals surface area contributed by atoms with Crippen molar-refractivity contribution in [3.63, 3.8) is 0 Å². The smallest absolute Gasteiger partial charge is 0.255 e. The lowest BCUT2D eigenvalue weighted by atomic mass is 9.96.